The van der Waals surface area contributed by atoms with Crippen LogP contribution in [0, 0.1) is 0 Å². The molecule has 4 nitrogen and oxygen atoms in total. The maximum Gasteiger partial charge on any atom is 0.266 e. The number of primary amides is 1. The van der Waals surface area contributed by atoms with E-state index >= 15 is 0 Å². The summed E-state index contributed by atoms with van der Waals surface area (Å²) < 4.78 is 1.77. The van der Waals surface area contributed by atoms with E-state index in [0.717, 1.165) is 15.6 Å². The molecule has 1 aliphatic heterocycles. The van der Waals surface area contributed by atoms with E-state index in [2.05, 4.69) is 4.98 Å². The van der Waals surface area contributed by atoms with Crippen molar-refractivity contribution in [3.63, 3.8) is 0 Å². The van der Waals surface area contributed by atoms with E-state index < -0.39 is 5.91 Å². The molecule has 0 radical (unpaired) electrons. The SMILES string of the molecule is NC(=O)C1=Cc2ccccc2SN1c1nccs1. The third-order valence-electron chi connectivity index (χ3n) is 2.47. The molecule has 3 rings (SSSR count). The topological polar surface area (TPSA) is 59.2 Å². The first-order valence-electron chi connectivity index (χ1n) is 5.24. The Balaban J connectivity index is 2.10. The number of thiazole rings is 1. The van der Waals surface area contributed by atoms with E-state index in [-0.39, 0.29) is 0 Å². The first-order valence-corrected chi connectivity index (χ1v) is 6.89. The zero-order valence-corrected chi connectivity index (χ0v) is 10.9. The molecule has 0 atom stereocenters. The summed E-state index contributed by atoms with van der Waals surface area (Å²) in [6.45, 7) is 0. The quantitative estimate of drug-likeness (QED) is 0.855. The minimum Gasteiger partial charge on any atom is -0.364 e. The molecule has 2 N–H and O–H groups in total. The maximum atomic E-state index is 11.5. The van der Waals surface area contributed by atoms with Crippen molar-refractivity contribution >= 4 is 40.4 Å². The van der Waals surface area contributed by atoms with Gasteiger partial charge in [-0.05, 0) is 29.7 Å². The van der Waals surface area contributed by atoms with Crippen LogP contribution in [0.3, 0.4) is 0 Å². The second kappa shape index (κ2) is 4.47. The lowest BCUT2D eigenvalue weighted by molar-refractivity contribution is -0.114. The van der Waals surface area contributed by atoms with Crippen LogP contribution in [0.5, 0.6) is 0 Å². The van der Waals surface area contributed by atoms with Gasteiger partial charge in [0, 0.05) is 16.5 Å². The highest BCUT2D eigenvalue weighted by Gasteiger charge is 2.25. The predicted octanol–water partition coefficient (Wildman–Crippen LogP) is 2.50. The third-order valence-corrected chi connectivity index (χ3v) is 4.46. The highest BCUT2D eigenvalue weighted by atomic mass is 32.2. The number of benzene rings is 1. The Morgan fingerprint density at radius 3 is 2.89 bits per heavy atom. The number of fused-ring (bicyclic) bond motifs is 1. The minimum atomic E-state index is -0.452. The summed E-state index contributed by atoms with van der Waals surface area (Å²) >= 11 is 2.93. The molecule has 0 saturated carbocycles. The van der Waals surface area contributed by atoms with Crippen LogP contribution in [-0.2, 0) is 4.79 Å². The molecule has 0 bridgehead atoms. The number of anilines is 1. The van der Waals surface area contributed by atoms with Gasteiger partial charge in [-0.3, -0.25) is 4.79 Å². The fourth-order valence-corrected chi connectivity index (χ4v) is 3.40. The molecule has 6 heteroatoms. The molecule has 1 amide bonds. The number of nitrogens with zero attached hydrogens (tertiary/aromatic N) is 2. The molecule has 1 aliphatic rings. The summed E-state index contributed by atoms with van der Waals surface area (Å²) in [5.74, 6) is -0.452. The Kier molecular flexibility index (Phi) is 2.81. The van der Waals surface area contributed by atoms with Crippen LogP contribution < -0.4 is 10.0 Å². The van der Waals surface area contributed by atoms with Crippen molar-refractivity contribution in [1.82, 2.24) is 4.98 Å². The van der Waals surface area contributed by atoms with Crippen molar-refractivity contribution in [2.45, 2.75) is 4.90 Å². The fraction of sp³-hybridized carbons (Fsp3) is 0. The summed E-state index contributed by atoms with van der Waals surface area (Å²) in [6.07, 6.45) is 3.51. The minimum absolute atomic E-state index is 0.452. The summed E-state index contributed by atoms with van der Waals surface area (Å²) in [5, 5.41) is 2.62. The molecule has 90 valence electrons. The average molecular weight is 275 g/mol. The van der Waals surface area contributed by atoms with Gasteiger partial charge in [-0.15, -0.1) is 11.3 Å². The van der Waals surface area contributed by atoms with E-state index in [1.165, 1.54) is 23.3 Å². The highest BCUT2D eigenvalue weighted by Crippen LogP contribution is 2.40. The Bertz CT molecular complexity index is 622. The predicted molar refractivity (Wildman–Crippen MR) is 74.1 cm³/mol. The van der Waals surface area contributed by atoms with Gasteiger partial charge in [0.15, 0.2) is 0 Å². The molecule has 1 aromatic carbocycles. The highest BCUT2D eigenvalue weighted by molar-refractivity contribution is 8.01. The Labute approximate surface area is 112 Å². The van der Waals surface area contributed by atoms with Gasteiger partial charge in [-0.1, -0.05) is 18.2 Å². The van der Waals surface area contributed by atoms with Crippen LogP contribution in [0.2, 0.25) is 0 Å². The molecule has 0 aliphatic carbocycles. The lowest BCUT2D eigenvalue weighted by Gasteiger charge is -2.26. The maximum absolute atomic E-state index is 11.5. The second-order valence-electron chi connectivity index (χ2n) is 3.63. The molecular weight excluding hydrogens is 266 g/mol. The van der Waals surface area contributed by atoms with Crippen molar-refractivity contribution in [3.8, 4) is 0 Å². The van der Waals surface area contributed by atoms with Crippen LogP contribution in [0.15, 0.2) is 46.4 Å². The zero-order valence-electron chi connectivity index (χ0n) is 9.24. The van der Waals surface area contributed by atoms with Crippen LogP contribution >= 0.6 is 23.3 Å². The zero-order chi connectivity index (χ0) is 12.5. The number of carbonyl (C=O) groups excluding carboxylic acids is 1. The number of amides is 1. The van der Waals surface area contributed by atoms with Gasteiger partial charge < -0.3 is 5.73 Å². The van der Waals surface area contributed by atoms with Crippen molar-refractivity contribution in [2.75, 3.05) is 4.31 Å². The number of aromatic nitrogens is 1. The smallest absolute Gasteiger partial charge is 0.266 e. The first-order chi connectivity index (χ1) is 8.75. The van der Waals surface area contributed by atoms with Crippen LogP contribution in [0.25, 0.3) is 6.08 Å². The number of carbonyl (C=O) groups is 1. The normalized spacial score (nSPS) is 14.0. The molecule has 2 aromatic rings. The number of nitrogens with two attached hydrogens (primary N) is 1. The standard InChI is InChI=1S/C12H9N3OS2/c13-11(16)9-7-8-3-1-2-4-10(8)18-15(9)12-14-5-6-17-12/h1-7H,(H2,13,16). The van der Waals surface area contributed by atoms with Gasteiger partial charge in [0.1, 0.15) is 5.70 Å². The Hall–Kier alpha value is -1.79. The van der Waals surface area contributed by atoms with Gasteiger partial charge in [-0.2, -0.15) is 0 Å². The molecule has 0 spiro atoms. The fourth-order valence-electron chi connectivity index (χ4n) is 1.67. The number of hydrogen-bond donors (Lipinski definition) is 1. The Morgan fingerprint density at radius 2 is 2.17 bits per heavy atom. The third kappa shape index (κ3) is 1.89. The van der Waals surface area contributed by atoms with E-state index in [1.54, 1.807) is 16.6 Å². The summed E-state index contributed by atoms with van der Waals surface area (Å²) in [6, 6.07) is 7.88. The van der Waals surface area contributed by atoms with Gasteiger partial charge >= 0.3 is 0 Å². The van der Waals surface area contributed by atoms with E-state index in [4.69, 9.17) is 5.73 Å². The van der Waals surface area contributed by atoms with Gasteiger partial charge in [-0.25, -0.2) is 9.29 Å². The van der Waals surface area contributed by atoms with Crippen molar-refractivity contribution in [1.29, 1.82) is 0 Å². The van der Waals surface area contributed by atoms with Crippen molar-refractivity contribution in [2.24, 2.45) is 5.73 Å². The molecule has 1 aromatic heterocycles. The van der Waals surface area contributed by atoms with Crippen LogP contribution in [-0.4, -0.2) is 10.9 Å². The average Bonchev–Trinajstić information content (AvgIpc) is 2.91. The molecular formula is C12H9N3OS2. The van der Waals surface area contributed by atoms with Gasteiger partial charge in [0.25, 0.3) is 5.91 Å². The van der Waals surface area contributed by atoms with Crippen molar-refractivity contribution in [3.05, 3.63) is 47.1 Å². The van der Waals surface area contributed by atoms with Gasteiger partial charge in [0.05, 0.1) is 0 Å². The molecule has 2 heterocycles. The van der Waals surface area contributed by atoms with Crippen LogP contribution in [0.4, 0.5) is 5.13 Å². The number of rotatable bonds is 2. The van der Waals surface area contributed by atoms with E-state index in [9.17, 15) is 4.79 Å². The van der Waals surface area contributed by atoms with Crippen LogP contribution in [0.1, 0.15) is 5.56 Å². The lowest BCUT2D eigenvalue weighted by atomic mass is 10.2. The lowest BCUT2D eigenvalue weighted by Crippen LogP contribution is -2.28. The van der Waals surface area contributed by atoms with Gasteiger partial charge in [0.2, 0.25) is 5.13 Å². The first kappa shape index (κ1) is 11.3. The molecule has 0 fully saturated rings. The summed E-state index contributed by atoms with van der Waals surface area (Å²) in [4.78, 5) is 16.8. The number of hydrogen-bond acceptors (Lipinski definition) is 5. The molecule has 0 saturated heterocycles. The van der Waals surface area contributed by atoms with E-state index in [1.807, 2.05) is 29.6 Å². The summed E-state index contributed by atoms with van der Waals surface area (Å²) in [7, 11) is 0. The molecule has 0 unspecified atom stereocenters. The van der Waals surface area contributed by atoms with Crippen molar-refractivity contribution < 1.29 is 4.79 Å². The monoisotopic (exact) mass is 275 g/mol. The summed E-state index contributed by atoms with van der Waals surface area (Å²) in [5.41, 5.74) is 6.89. The molecule has 18 heavy (non-hydrogen) atoms. The Morgan fingerprint density at radius 1 is 1.33 bits per heavy atom. The second-order valence-corrected chi connectivity index (χ2v) is 5.49. The largest absolute Gasteiger partial charge is 0.364 e. The van der Waals surface area contributed by atoms with E-state index in [0.29, 0.717) is 5.70 Å².